The molecule has 0 heterocycles. The molecule has 0 aromatic heterocycles. The lowest BCUT2D eigenvalue weighted by atomic mass is 10.1. The number of carbonyl (C=O) groups is 1. The SMILES string of the molecule is CSCC(C)NS(=O)(=O)c1ccc(CCC(=O)O)cc1. The fraction of sp³-hybridized carbons (Fsp3) is 0.462. The number of hydrogen-bond acceptors (Lipinski definition) is 4. The summed E-state index contributed by atoms with van der Waals surface area (Å²) in [4.78, 5) is 10.7. The second kappa shape index (κ2) is 7.66. The lowest BCUT2D eigenvalue weighted by Gasteiger charge is -2.13. The molecule has 0 fully saturated rings. The van der Waals surface area contributed by atoms with Gasteiger partial charge < -0.3 is 5.11 Å². The van der Waals surface area contributed by atoms with Crippen LogP contribution in [0.3, 0.4) is 0 Å². The number of rotatable bonds is 8. The van der Waals surface area contributed by atoms with Crippen LogP contribution in [-0.4, -0.2) is 37.5 Å². The minimum Gasteiger partial charge on any atom is -0.481 e. The summed E-state index contributed by atoms with van der Waals surface area (Å²) in [5.41, 5.74) is 0.809. The van der Waals surface area contributed by atoms with Crippen molar-refractivity contribution in [3.63, 3.8) is 0 Å². The van der Waals surface area contributed by atoms with E-state index in [0.717, 1.165) is 5.56 Å². The van der Waals surface area contributed by atoms with Gasteiger partial charge in [-0.25, -0.2) is 13.1 Å². The number of carboxylic acids is 1. The van der Waals surface area contributed by atoms with E-state index in [2.05, 4.69) is 4.72 Å². The molecule has 0 spiro atoms. The van der Waals surface area contributed by atoms with Crippen LogP contribution < -0.4 is 4.72 Å². The number of hydrogen-bond donors (Lipinski definition) is 2. The summed E-state index contributed by atoms with van der Waals surface area (Å²) in [6.45, 7) is 1.81. The van der Waals surface area contributed by atoms with Gasteiger partial charge in [-0.05, 0) is 37.3 Å². The quantitative estimate of drug-likeness (QED) is 0.763. The second-order valence-corrected chi connectivity index (χ2v) is 7.14. The Morgan fingerprint density at radius 3 is 2.45 bits per heavy atom. The molecular formula is C13H19NO4S2. The van der Waals surface area contributed by atoms with Crippen molar-refractivity contribution in [2.24, 2.45) is 0 Å². The zero-order valence-electron chi connectivity index (χ0n) is 11.5. The van der Waals surface area contributed by atoms with Crippen LogP contribution in [0.4, 0.5) is 0 Å². The summed E-state index contributed by atoms with van der Waals surface area (Å²) < 4.78 is 26.8. The van der Waals surface area contributed by atoms with E-state index in [4.69, 9.17) is 5.11 Å². The van der Waals surface area contributed by atoms with E-state index in [1.165, 1.54) is 12.1 Å². The molecule has 7 heteroatoms. The van der Waals surface area contributed by atoms with Crippen molar-refractivity contribution >= 4 is 27.8 Å². The maximum atomic E-state index is 12.1. The van der Waals surface area contributed by atoms with Gasteiger partial charge in [-0.3, -0.25) is 4.79 Å². The molecular weight excluding hydrogens is 298 g/mol. The fourth-order valence-electron chi connectivity index (χ4n) is 1.70. The molecule has 1 aromatic rings. The van der Waals surface area contributed by atoms with Gasteiger partial charge in [0.2, 0.25) is 10.0 Å². The number of aliphatic carboxylic acids is 1. The molecule has 5 nitrogen and oxygen atoms in total. The van der Waals surface area contributed by atoms with Gasteiger partial charge in [0, 0.05) is 18.2 Å². The number of thioether (sulfide) groups is 1. The zero-order valence-corrected chi connectivity index (χ0v) is 13.1. The largest absolute Gasteiger partial charge is 0.481 e. The first-order chi connectivity index (χ1) is 9.35. The summed E-state index contributed by atoms with van der Waals surface area (Å²) >= 11 is 1.57. The van der Waals surface area contributed by atoms with E-state index in [9.17, 15) is 13.2 Å². The molecule has 0 aliphatic heterocycles. The zero-order chi connectivity index (χ0) is 15.2. The van der Waals surface area contributed by atoms with Gasteiger partial charge in [0.05, 0.1) is 4.90 Å². The van der Waals surface area contributed by atoms with Gasteiger partial charge in [-0.1, -0.05) is 12.1 Å². The molecule has 0 amide bonds. The highest BCUT2D eigenvalue weighted by atomic mass is 32.2. The van der Waals surface area contributed by atoms with Crippen LogP contribution in [0.5, 0.6) is 0 Å². The fourth-order valence-corrected chi connectivity index (χ4v) is 3.64. The van der Waals surface area contributed by atoms with Crippen LogP contribution in [-0.2, 0) is 21.2 Å². The molecule has 2 N–H and O–H groups in total. The minimum atomic E-state index is -3.51. The van der Waals surface area contributed by atoms with E-state index >= 15 is 0 Å². The molecule has 0 radical (unpaired) electrons. The van der Waals surface area contributed by atoms with Crippen LogP contribution in [0.25, 0.3) is 0 Å². The van der Waals surface area contributed by atoms with Crippen LogP contribution in [0.15, 0.2) is 29.2 Å². The molecule has 0 saturated carbocycles. The van der Waals surface area contributed by atoms with Crippen LogP contribution in [0, 0.1) is 0 Å². The van der Waals surface area contributed by atoms with Crippen molar-refractivity contribution in [2.75, 3.05) is 12.0 Å². The molecule has 20 heavy (non-hydrogen) atoms. The van der Waals surface area contributed by atoms with Gasteiger partial charge in [0.25, 0.3) is 0 Å². The summed E-state index contributed by atoms with van der Waals surface area (Å²) in [5, 5.41) is 8.60. The molecule has 0 saturated heterocycles. The maximum absolute atomic E-state index is 12.1. The first-order valence-corrected chi connectivity index (χ1v) is 9.05. The van der Waals surface area contributed by atoms with Crippen molar-refractivity contribution in [2.45, 2.75) is 30.7 Å². The van der Waals surface area contributed by atoms with Gasteiger partial charge in [0.15, 0.2) is 0 Å². The molecule has 112 valence electrons. The molecule has 1 aromatic carbocycles. The third-order valence-corrected chi connectivity index (χ3v) is 5.07. The summed E-state index contributed by atoms with van der Waals surface area (Å²) in [5.74, 6) is -0.162. The van der Waals surface area contributed by atoms with Crippen molar-refractivity contribution in [1.82, 2.24) is 4.72 Å². The molecule has 1 rings (SSSR count). The Morgan fingerprint density at radius 2 is 1.95 bits per heavy atom. The van der Waals surface area contributed by atoms with Crippen molar-refractivity contribution in [3.05, 3.63) is 29.8 Å². The molecule has 0 aliphatic carbocycles. The number of aryl methyl sites for hydroxylation is 1. The minimum absolute atomic E-state index is 0.0368. The van der Waals surface area contributed by atoms with Crippen LogP contribution in [0.2, 0.25) is 0 Å². The highest BCUT2D eigenvalue weighted by Crippen LogP contribution is 2.13. The topological polar surface area (TPSA) is 83.5 Å². The second-order valence-electron chi connectivity index (χ2n) is 4.52. The standard InChI is InChI=1S/C13H19NO4S2/c1-10(9-19-2)14-20(17,18)12-6-3-11(4-7-12)5-8-13(15)16/h3-4,6-7,10,14H,5,8-9H2,1-2H3,(H,15,16). The lowest BCUT2D eigenvalue weighted by Crippen LogP contribution is -2.34. The first-order valence-electron chi connectivity index (χ1n) is 6.17. The number of sulfonamides is 1. The average Bonchev–Trinajstić information content (AvgIpc) is 2.36. The number of nitrogens with one attached hydrogen (secondary N) is 1. The smallest absolute Gasteiger partial charge is 0.303 e. The molecule has 1 atom stereocenters. The lowest BCUT2D eigenvalue weighted by molar-refractivity contribution is -0.136. The van der Waals surface area contributed by atoms with E-state index in [0.29, 0.717) is 12.2 Å². The highest BCUT2D eigenvalue weighted by Gasteiger charge is 2.16. The predicted octanol–water partition coefficient (Wildman–Crippen LogP) is 1.73. The van der Waals surface area contributed by atoms with Crippen molar-refractivity contribution in [3.8, 4) is 0 Å². The third-order valence-electron chi connectivity index (χ3n) is 2.63. The van der Waals surface area contributed by atoms with Crippen LogP contribution in [0.1, 0.15) is 18.9 Å². The summed E-state index contributed by atoms with van der Waals surface area (Å²) in [6.07, 6.45) is 2.35. The average molecular weight is 317 g/mol. The van der Waals surface area contributed by atoms with Gasteiger partial charge in [0.1, 0.15) is 0 Å². The molecule has 1 unspecified atom stereocenters. The Balaban J connectivity index is 2.74. The Bertz CT molecular complexity index is 540. The maximum Gasteiger partial charge on any atom is 0.303 e. The summed E-state index contributed by atoms with van der Waals surface area (Å²) in [7, 11) is -3.51. The van der Waals surface area contributed by atoms with Crippen LogP contribution >= 0.6 is 11.8 Å². The van der Waals surface area contributed by atoms with E-state index in [1.807, 2.05) is 13.2 Å². The van der Waals surface area contributed by atoms with Gasteiger partial charge >= 0.3 is 5.97 Å². The van der Waals surface area contributed by atoms with E-state index in [1.54, 1.807) is 23.9 Å². The molecule has 0 aliphatic rings. The van der Waals surface area contributed by atoms with Crippen molar-refractivity contribution < 1.29 is 18.3 Å². The van der Waals surface area contributed by atoms with E-state index < -0.39 is 16.0 Å². The predicted molar refractivity (Wildman–Crippen MR) is 80.6 cm³/mol. The van der Waals surface area contributed by atoms with E-state index in [-0.39, 0.29) is 17.4 Å². The van der Waals surface area contributed by atoms with Gasteiger partial charge in [-0.2, -0.15) is 11.8 Å². The van der Waals surface area contributed by atoms with Gasteiger partial charge in [-0.15, -0.1) is 0 Å². The number of benzene rings is 1. The Morgan fingerprint density at radius 1 is 1.35 bits per heavy atom. The Kier molecular flexibility index (Phi) is 6.51. The number of carboxylic acid groups (broad SMARTS) is 1. The normalized spacial score (nSPS) is 13.1. The monoisotopic (exact) mass is 317 g/mol. The Labute approximate surface area is 123 Å². The molecule has 0 bridgehead atoms. The highest BCUT2D eigenvalue weighted by molar-refractivity contribution is 7.98. The Hall–Kier alpha value is -1.05. The summed E-state index contributed by atoms with van der Waals surface area (Å²) in [6, 6.07) is 6.17. The third kappa shape index (κ3) is 5.52. The van der Waals surface area contributed by atoms with Crippen molar-refractivity contribution in [1.29, 1.82) is 0 Å². The first kappa shape index (κ1) is 17.0.